The first-order valence-electron chi connectivity index (χ1n) is 10.5. The molecule has 5 heteroatoms. The molecule has 146 valence electrons. The number of hydrogen-bond acceptors (Lipinski definition) is 5. The van der Waals surface area contributed by atoms with Crippen molar-refractivity contribution in [3.63, 3.8) is 0 Å². The van der Waals surface area contributed by atoms with Crippen LogP contribution in [0.2, 0.25) is 0 Å². The van der Waals surface area contributed by atoms with E-state index >= 15 is 0 Å². The molecule has 0 aromatic carbocycles. The highest BCUT2D eigenvalue weighted by molar-refractivity contribution is 5.76. The van der Waals surface area contributed by atoms with Crippen LogP contribution >= 0.6 is 0 Å². The van der Waals surface area contributed by atoms with E-state index in [0.717, 1.165) is 58.5 Å². The summed E-state index contributed by atoms with van der Waals surface area (Å²) in [5.41, 5.74) is 1.11. The maximum absolute atomic E-state index is 12.7. The maximum Gasteiger partial charge on any atom is 0.311 e. The van der Waals surface area contributed by atoms with E-state index in [9.17, 15) is 9.90 Å². The van der Waals surface area contributed by atoms with Crippen molar-refractivity contribution in [2.45, 2.75) is 52.2 Å². The Morgan fingerprint density at radius 3 is 2.65 bits per heavy atom. The van der Waals surface area contributed by atoms with Crippen molar-refractivity contribution in [2.24, 2.45) is 23.2 Å². The molecule has 2 aliphatic heterocycles. The second kappa shape index (κ2) is 6.92. The SMILES string of the molecule is CCN1CCN(C[C@@H]2C(=O)O[C@H]3CC4=CCC[C@H](C)[C@]4(C)[C@@H](O)[C@@H]32)CC1. The highest BCUT2D eigenvalue weighted by Crippen LogP contribution is 2.56. The molecule has 0 aromatic rings. The predicted octanol–water partition coefficient (Wildman–Crippen LogP) is 1.91. The molecule has 3 fully saturated rings. The Kier molecular flexibility index (Phi) is 4.91. The summed E-state index contributed by atoms with van der Waals surface area (Å²) >= 11 is 0. The Bertz CT molecular complexity index is 584. The van der Waals surface area contributed by atoms with Gasteiger partial charge in [0.1, 0.15) is 6.10 Å². The zero-order chi connectivity index (χ0) is 18.5. The molecule has 0 unspecified atom stereocenters. The predicted molar refractivity (Wildman–Crippen MR) is 101 cm³/mol. The van der Waals surface area contributed by atoms with Crippen LogP contribution in [0.5, 0.6) is 0 Å². The van der Waals surface area contributed by atoms with Gasteiger partial charge in [-0.15, -0.1) is 0 Å². The number of allylic oxidation sites excluding steroid dienone is 1. The lowest BCUT2D eigenvalue weighted by molar-refractivity contribution is -0.145. The Morgan fingerprint density at radius 2 is 1.96 bits per heavy atom. The third-order valence-electron chi connectivity index (χ3n) is 7.94. The van der Waals surface area contributed by atoms with Crippen LogP contribution in [0, 0.1) is 23.2 Å². The van der Waals surface area contributed by atoms with Gasteiger partial charge < -0.3 is 14.7 Å². The van der Waals surface area contributed by atoms with E-state index in [1.54, 1.807) is 0 Å². The Balaban J connectivity index is 1.52. The first-order valence-corrected chi connectivity index (χ1v) is 10.5. The summed E-state index contributed by atoms with van der Waals surface area (Å²) in [4.78, 5) is 17.5. The summed E-state index contributed by atoms with van der Waals surface area (Å²) in [5.74, 6) is 0.112. The molecule has 4 rings (SSSR count). The van der Waals surface area contributed by atoms with Crippen LogP contribution in [0.25, 0.3) is 0 Å². The zero-order valence-electron chi connectivity index (χ0n) is 16.5. The second-order valence-corrected chi connectivity index (χ2v) is 9.03. The second-order valence-electron chi connectivity index (χ2n) is 9.03. The molecule has 2 aliphatic carbocycles. The number of ether oxygens (including phenoxy) is 1. The summed E-state index contributed by atoms with van der Waals surface area (Å²) in [7, 11) is 0. The van der Waals surface area contributed by atoms with Crippen molar-refractivity contribution in [3.05, 3.63) is 11.6 Å². The van der Waals surface area contributed by atoms with Crippen LogP contribution < -0.4 is 0 Å². The summed E-state index contributed by atoms with van der Waals surface area (Å²) < 4.78 is 5.78. The Labute approximate surface area is 157 Å². The molecule has 2 saturated heterocycles. The average molecular weight is 363 g/mol. The van der Waals surface area contributed by atoms with Gasteiger partial charge in [-0.25, -0.2) is 0 Å². The van der Waals surface area contributed by atoms with Crippen LogP contribution in [-0.2, 0) is 9.53 Å². The fraction of sp³-hybridized carbons (Fsp3) is 0.857. The van der Waals surface area contributed by atoms with Crippen molar-refractivity contribution >= 4 is 5.97 Å². The number of esters is 1. The lowest BCUT2D eigenvalue weighted by Crippen LogP contribution is -2.55. The number of carbonyl (C=O) groups is 1. The number of piperazine rings is 1. The van der Waals surface area contributed by atoms with E-state index in [1.165, 1.54) is 5.57 Å². The number of hydrogen-bond donors (Lipinski definition) is 1. The maximum atomic E-state index is 12.7. The van der Waals surface area contributed by atoms with E-state index in [2.05, 4.69) is 36.6 Å². The van der Waals surface area contributed by atoms with Gasteiger partial charge in [0, 0.05) is 50.5 Å². The number of rotatable bonds is 3. The van der Waals surface area contributed by atoms with Gasteiger partial charge in [0.25, 0.3) is 0 Å². The number of nitrogens with zero attached hydrogens (tertiary/aromatic N) is 2. The van der Waals surface area contributed by atoms with Crippen molar-refractivity contribution in [3.8, 4) is 0 Å². The smallest absolute Gasteiger partial charge is 0.311 e. The molecule has 26 heavy (non-hydrogen) atoms. The summed E-state index contributed by atoms with van der Waals surface area (Å²) in [6.07, 6.45) is 4.68. The zero-order valence-corrected chi connectivity index (χ0v) is 16.5. The van der Waals surface area contributed by atoms with Crippen LogP contribution in [0.4, 0.5) is 0 Å². The molecule has 5 nitrogen and oxygen atoms in total. The number of aliphatic hydroxyl groups is 1. The molecule has 0 radical (unpaired) electrons. The third-order valence-corrected chi connectivity index (χ3v) is 7.94. The van der Waals surface area contributed by atoms with Crippen LogP contribution in [0.3, 0.4) is 0 Å². The average Bonchev–Trinajstić information content (AvgIpc) is 2.94. The van der Waals surface area contributed by atoms with Gasteiger partial charge in [0.2, 0.25) is 0 Å². The standard InChI is InChI=1S/C21H34N2O3/c1-4-22-8-10-23(11-9-22)13-16-18-17(26-20(16)25)12-15-7-5-6-14(2)21(15,3)19(18)24/h7,14,16-19,24H,4-6,8-13H2,1-3H3/t14-,16-,17-,18+,19-,21-/m0/s1. The minimum Gasteiger partial charge on any atom is -0.461 e. The summed E-state index contributed by atoms with van der Waals surface area (Å²) in [6.45, 7) is 12.6. The molecule has 0 aromatic heterocycles. The minimum absolute atomic E-state index is 0.0607. The van der Waals surface area contributed by atoms with E-state index in [-0.39, 0.29) is 29.3 Å². The van der Waals surface area contributed by atoms with E-state index in [1.807, 2.05) is 0 Å². The molecule has 0 bridgehead atoms. The molecular formula is C21H34N2O3. The highest BCUT2D eigenvalue weighted by Gasteiger charge is 2.59. The van der Waals surface area contributed by atoms with E-state index < -0.39 is 6.10 Å². The van der Waals surface area contributed by atoms with Crippen molar-refractivity contribution in [1.82, 2.24) is 9.80 Å². The van der Waals surface area contributed by atoms with Crippen molar-refractivity contribution < 1.29 is 14.6 Å². The first kappa shape index (κ1) is 18.5. The highest BCUT2D eigenvalue weighted by atomic mass is 16.6. The number of likely N-dealkylation sites (N-methyl/N-ethyl adjacent to an activating group) is 1. The third kappa shape index (κ3) is 2.83. The molecule has 0 amide bonds. The van der Waals surface area contributed by atoms with Gasteiger partial charge in [-0.05, 0) is 25.3 Å². The van der Waals surface area contributed by atoms with E-state index in [0.29, 0.717) is 5.92 Å². The molecular weight excluding hydrogens is 328 g/mol. The summed E-state index contributed by atoms with van der Waals surface area (Å²) in [6, 6.07) is 0. The van der Waals surface area contributed by atoms with Crippen molar-refractivity contribution in [2.75, 3.05) is 39.3 Å². The van der Waals surface area contributed by atoms with Crippen LogP contribution in [-0.4, -0.2) is 72.4 Å². The molecule has 1 N–H and O–H groups in total. The first-order chi connectivity index (χ1) is 12.4. The molecule has 2 heterocycles. The Hall–Kier alpha value is -0.910. The molecule has 4 aliphatic rings. The topological polar surface area (TPSA) is 53.0 Å². The van der Waals surface area contributed by atoms with Gasteiger partial charge in [-0.3, -0.25) is 9.69 Å². The number of carbonyl (C=O) groups excluding carboxylic acids is 1. The largest absolute Gasteiger partial charge is 0.461 e. The number of fused-ring (bicyclic) bond motifs is 2. The van der Waals surface area contributed by atoms with Gasteiger partial charge in [0.05, 0.1) is 12.0 Å². The van der Waals surface area contributed by atoms with Gasteiger partial charge in [-0.2, -0.15) is 0 Å². The van der Waals surface area contributed by atoms with Crippen molar-refractivity contribution in [1.29, 1.82) is 0 Å². The molecule has 1 saturated carbocycles. The van der Waals surface area contributed by atoms with Crippen LogP contribution in [0.1, 0.15) is 40.0 Å². The quantitative estimate of drug-likeness (QED) is 0.614. The fourth-order valence-electron chi connectivity index (χ4n) is 5.84. The minimum atomic E-state index is -0.490. The van der Waals surface area contributed by atoms with Gasteiger partial charge >= 0.3 is 5.97 Å². The molecule has 0 spiro atoms. The fourth-order valence-corrected chi connectivity index (χ4v) is 5.84. The monoisotopic (exact) mass is 362 g/mol. The Morgan fingerprint density at radius 1 is 1.27 bits per heavy atom. The summed E-state index contributed by atoms with van der Waals surface area (Å²) in [5, 5.41) is 11.4. The lowest BCUT2D eigenvalue weighted by Gasteiger charge is -2.52. The molecule has 6 atom stereocenters. The normalized spacial score (nSPS) is 44.2. The lowest BCUT2D eigenvalue weighted by atomic mass is 9.55. The van der Waals surface area contributed by atoms with Crippen LogP contribution in [0.15, 0.2) is 11.6 Å². The van der Waals surface area contributed by atoms with Gasteiger partial charge in [0.15, 0.2) is 0 Å². The van der Waals surface area contributed by atoms with E-state index in [4.69, 9.17) is 4.74 Å². The number of aliphatic hydroxyl groups excluding tert-OH is 1. The van der Waals surface area contributed by atoms with Gasteiger partial charge in [-0.1, -0.05) is 32.4 Å².